The van der Waals surface area contributed by atoms with E-state index < -0.39 is 5.76 Å². The fraction of sp³-hybridized carbons (Fsp3) is 0.190. The third-order valence-corrected chi connectivity index (χ3v) is 5.08. The summed E-state index contributed by atoms with van der Waals surface area (Å²) in [7, 11) is 1.73. The first kappa shape index (κ1) is 18.0. The standard InChI is InChI=1S/C21H18N6O3/c1-25-12-22-19-18(25)20(28)26(13-23-19)11-17-24-27(21(29)30-17)9-8-14-6-7-15-4-2-3-5-16(15)10-14/h2-7,10,12-13H,8-9,11H2,1H3. The molecule has 30 heavy (non-hydrogen) atoms. The minimum Gasteiger partial charge on any atom is -0.390 e. The molecule has 0 radical (unpaired) electrons. The summed E-state index contributed by atoms with van der Waals surface area (Å²) in [6, 6.07) is 14.3. The van der Waals surface area contributed by atoms with E-state index in [9.17, 15) is 9.59 Å². The van der Waals surface area contributed by atoms with Crippen molar-refractivity contribution >= 4 is 21.9 Å². The lowest BCUT2D eigenvalue weighted by molar-refractivity contribution is 0.434. The Morgan fingerprint density at radius 1 is 1.00 bits per heavy atom. The quantitative estimate of drug-likeness (QED) is 0.444. The molecule has 0 aliphatic carbocycles. The predicted molar refractivity (Wildman–Crippen MR) is 110 cm³/mol. The SMILES string of the molecule is Cn1cnc2ncn(Cc3nn(CCc4ccc5ccccc5c4)c(=O)o3)c(=O)c21. The van der Waals surface area contributed by atoms with Gasteiger partial charge in [0.25, 0.3) is 5.56 Å². The summed E-state index contributed by atoms with van der Waals surface area (Å²) in [4.78, 5) is 33.1. The molecule has 9 heteroatoms. The Kier molecular flexibility index (Phi) is 4.27. The lowest BCUT2D eigenvalue weighted by Crippen LogP contribution is -2.22. The van der Waals surface area contributed by atoms with E-state index in [-0.39, 0.29) is 18.0 Å². The van der Waals surface area contributed by atoms with Crippen LogP contribution in [-0.2, 0) is 26.6 Å². The Balaban J connectivity index is 1.36. The highest BCUT2D eigenvalue weighted by Gasteiger charge is 2.13. The number of aryl methyl sites for hydroxylation is 3. The van der Waals surface area contributed by atoms with Crippen LogP contribution in [0, 0.1) is 0 Å². The molecule has 0 saturated carbocycles. The highest BCUT2D eigenvalue weighted by Crippen LogP contribution is 2.16. The molecule has 0 aliphatic rings. The number of fused-ring (bicyclic) bond motifs is 2. The average molecular weight is 402 g/mol. The Morgan fingerprint density at radius 2 is 1.80 bits per heavy atom. The van der Waals surface area contributed by atoms with Gasteiger partial charge >= 0.3 is 5.76 Å². The summed E-state index contributed by atoms with van der Waals surface area (Å²) in [6.07, 6.45) is 3.55. The second-order valence-electron chi connectivity index (χ2n) is 7.12. The molecule has 0 fully saturated rings. The minimum absolute atomic E-state index is 0.0190. The van der Waals surface area contributed by atoms with Crippen LogP contribution in [0.5, 0.6) is 0 Å². The van der Waals surface area contributed by atoms with Gasteiger partial charge < -0.3 is 8.98 Å². The number of benzene rings is 2. The van der Waals surface area contributed by atoms with Crippen LogP contribution in [-0.4, -0.2) is 28.9 Å². The number of hydrogen-bond acceptors (Lipinski definition) is 6. The number of hydrogen-bond donors (Lipinski definition) is 0. The first-order chi connectivity index (χ1) is 14.6. The van der Waals surface area contributed by atoms with Crippen LogP contribution in [0.15, 0.2) is 69.1 Å². The molecule has 0 bridgehead atoms. The van der Waals surface area contributed by atoms with E-state index in [0.717, 1.165) is 10.9 Å². The molecule has 5 rings (SSSR count). The molecule has 3 heterocycles. The summed E-state index contributed by atoms with van der Waals surface area (Å²) in [5.41, 5.74) is 1.59. The second-order valence-corrected chi connectivity index (χ2v) is 7.12. The summed E-state index contributed by atoms with van der Waals surface area (Å²) in [5, 5.41) is 6.57. The third kappa shape index (κ3) is 3.20. The van der Waals surface area contributed by atoms with E-state index in [0.29, 0.717) is 24.1 Å². The molecule has 2 aromatic carbocycles. The van der Waals surface area contributed by atoms with E-state index >= 15 is 0 Å². The molecule has 0 aliphatic heterocycles. The van der Waals surface area contributed by atoms with Gasteiger partial charge in [0.1, 0.15) is 12.9 Å². The maximum Gasteiger partial charge on any atom is 0.437 e. The van der Waals surface area contributed by atoms with Crippen molar-refractivity contribution in [3.8, 4) is 0 Å². The van der Waals surface area contributed by atoms with Gasteiger partial charge in [0.05, 0.1) is 12.9 Å². The fourth-order valence-corrected chi connectivity index (χ4v) is 3.51. The number of imidazole rings is 1. The van der Waals surface area contributed by atoms with E-state index in [1.165, 1.54) is 27.3 Å². The van der Waals surface area contributed by atoms with Crippen molar-refractivity contribution in [2.45, 2.75) is 19.5 Å². The monoisotopic (exact) mass is 402 g/mol. The number of nitrogens with zero attached hydrogens (tertiary/aromatic N) is 6. The summed E-state index contributed by atoms with van der Waals surface area (Å²) >= 11 is 0. The summed E-state index contributed by atoms with van der Waals surface area (Å²) in [6.45, 7) is 0.403. The zero-order valence-electron chi connectivity index (χ0n) is 16.2. The van der Waals surface area contributed by atoms with Crippen LogP contribution in [0.4, 0.5) is 0 Å². The van der Waals surface area contributed by atoms with Gasteiger partial charge in [-0.15, -0.1) is 5.10 Å². The summed E-state index contributed by atoms with van der Waals surface area (Å²) < 4.78 is 9.49. The van der Waals surface area contributed by atoms with Crippen molar-refractivity contribution in [1.29, 1.82) is 0 Å². The van der Waals surface area contributed by atoms with Gasteiger partial charge in [-0.2, -0.15) is 4.68 Å². The van der Waals surface area contributed by atoms with Gasteiger partial charge in [-0.05, 0) is 22.8 Å². The van der Waals surface area contributed by atoms with Gasteiger partial charge in [-0.3, -0.25) is 9.36 Å². The van der Waals surface area contributed by atoms with Crippen molar-refractivity contribution in [1.82, 2.24) is 28.9 Å². The molecule has 5 aromatic rings. The molecule has 3 aromatic heterocycles. The van der Waals surface area contributed by atoms with Gasteiger partial charge in [0, 0.05) is 7.05 Å². The molecule has 0 spiro atoms. The third-order valence-electron chi connectivity index (χ3n) is 5.08. The van der Waals surface area contributed by atoms with Gasteiger partial charge in [0.2, 0.25) is 5.89 Å². The smallest absolute Gasteiger partial charge is 0.390 e. The molecule has 0 N–H and O–H groups in total. The zero-order valence-corrected chi connectivity index (χ0v) is 16.2. The fourth-order valence-electron chi connectivity index (χ4n) is 3.51. The van der Waals surface area contributed by atoms with E-state index in [1.807, 2.05) is 18.2 Å². The largest absolute Gasteiger partial charge is 0.437 e. The molecule has 0 amide bonds. The average Bonchev–Trinajstić information content (AvgIpc) is 3.30. The lowest BCUT2D eigenvalue weighted by atomic mass is 10.1. The van der Waals surface area contributed by atoms with E-state index in [1.54, 1.807) is 11.6 Å². The minimum atomic E-state index is -0.548. The van der Waals surface area contributed by atoms with E-state index in [2.05, 4.69) is 39.3 Å². The van der Waals surface area contributed by atoms with Crippen molar-refractivity contribution in [3.63, 3.8) is 0 Å². The Bertz CT molecular complexity index is 1490. The Hall–Kier alpha value is -4.01. The molecule has 0 unspecified atom stereocenters. The van der Waals surface area contributed by atoms with Gasteiger partial charge in [0.15, 0.2) is 11.2 Å². The summed E-state index contributed by atoms with van der Waals surface area (Å²) in [5.74, 6) is -0.391. The van der Waals surface area contributed by atoms with Crippen LogP contribution in [0.25, 0.3) is 21.9 Å². The van der Waals surface area contributed by atoms with Crippen molar-refractivity contribution < 1.29 is 4.42 Å². The van der Waals surface area contributed by atoms with Gasteiger partial charge in [-0.1, -0.05) is 42.5 Å². The highest BCUT2D eigenvalue weighted by atomic mass is 16.4. The van der Waals surface area contributed by atoms with Crippen molar-refractivity contribution in [2.75, 3.05) is 0 Å². The molecular weight excluding hydrogens is 384 g/mol. The van der Waals surface area contributed by atoms with Crippen LogP contribution in [0.1, 0.15) is 11.5 Å². The van der Waals surface area contributed by atoms with Crippen LogP contribution < -0.4 is 11.3 Å². The highest BCUT2D eigenvalue weighted by molar-refractivity contribution is 5.82. The van der Waals surface area contributed by atoms with Gasteiger partial charge in [-0.25, -0.2) is 14.8 Å². The van der Waals surface area contributed by atoms with Crippen LogP contribution in [0.3, 0.4) is 0 Å². The lowest BCUT2D eigenvalue weighted by Gasteiger charge is -2.03. The van der Waals surface area contributed by atoms with E-state index in [4.69, 9.17) is 4.42 Å². The maximum absolute atomic E-state index is 12.6. The van der Waals surface area contributed by atoms with Crippen LogP contribution in [0.2, 0.25) is 0 Å². The van der Waals surface area contributed by atoms with Crippen LogP contribution >= 0.6 is 0 Å². The normalized spacial score (nSPS) is 11.5. The predicted octanol–water partition coefficient (Wildman–Crippen LogP) is 1.72. The number of aromatic nitrogens is 6. The molecular formula is C21H18N6O3. The maximum atomic E-state index is 12.6. The Morgan fingerprint density at radius 3 is 2.67 bits per heavy atom. The second kappa shape index (κ2) is 7.11. The number of rotatable bonds is 5. The van der Waals surface area contributed by atoms with Crippen molar-refractivity contribution in [3.05, 3.63) is 87.5 Å². The first-order valence-corrected chi connectivity index (χ1v) is 9.49. The topological polar surface area (TPSA) is 101 Å². The molecule has 0 atom stereocenters. The molecule has 0 saturated heterocycles. The molecule has 9 nitrogen and oxygen atoms in total. The Labute approximate surface area is 169 Å². The van der Waals surface area contributed by atoms with Crippen molar-refractivity contribution in [2.24, 2.45) is 7.05 Å². The zero-order chi connectivity index (χ0) is 20.7. The first-order valence-electron chi connectivity index (χ1n) is 9.49. The molecule has 150 valence electrons.